The van der Waals surface area contributed by atoms with E-state index in [0.29, 0.717) is 6.61 Å². The molecule has 5 rings (SSSR count). The van der Waals surface area contributed by atoms with Crippen molar-refractivity contribution in [2.75, 3.05) is 31.8 Å². The zero-order valence-corrected chi connectivity index (χ0v) is 60.5. The van der Waals surface area contributed by atoms with Crippen LogP contribution in [0.4, 0.5) is 0 Å². The SMILES string of the molecule is C=C(CCCCO)C[C@@H]1CC[C@@](C)(O[Si](CC)(CC)CC)[C@]2(CC[C@@]3(CCC[C@H](CC4(C[C@@H](C)[C@@H](O[Si](C)(C)C(C)(C)C)[C@H]5OC(OC)O[C@H]5/C=C/C(=C)[C@@H](CO[Si](C)(C)C(C)(C)C)O[Si](C)(C)C(C)(C)C)SCCCS4)O3)O2)O1. The van der Waals surface area contributed by atoms with Crippen LogP contribution in [-0.4, -0.2) is 135 Å². The Kier molecular flexibility index (Phi) is 25.1. The first-order valence-corrected chi connectivity index (χ1v) is 44.7. The molecule has 5 saturated heterocycles. The lowest BCUT2D eigenvalue weighted by Gasteiger charge is -2.55. The lowest BCUT2D eigenvalue weighted by molar-refractivity contribution is -0.398. The van der Waals surface area contributed by atoms with Crippen molar-refractivity contribution in [2.45, 2.75) is 324 Å². The smallest absolute Gasteiger partial charge is 0.272 e. The molecular formula is C63H120O11S2Si4. The van der Waals surface area contributed by atoms with Crippen molar-refractivity contribution in [3.05, 3.63) is 36.5 Å². The maximum atomic E-state index is 9.49. The standard InChI is InChI=1S/C63H120O11S2Si4/c1-24-80(25-2,26-3)74-60(16)37-35-50(43-47(4)31-27-28-40-64)70-63(60)39-38-61(73-63)36-29-32-51(69-61)45-62(75-41-30-42-76-62)44-49(6)54(72-79(22,23)59(13,14)15)55-52(67-56(65-17)68-55)34-33-48(5)53(71-78(20,21)58(10,11)12)46-66-77(18,19)57(7,8)9/h33-34,49-56,64H,4-5,24-32,35-46H2,1-3,6-23H3/b34-33+/t49-,50+,51-,52+,53-,54-,55+,56?,60-,61-,63-/m1/s1. The van der Waals surface area contributed by atoms with E-state index in [9.17, 15) is 5.11 Å². The molecule has 17 heteroatoms. The Hall–Kier alpha value is 0.348. The monoisotopic (exact) mass is 1230 g/mol. The van der Waals surface area contributed by atoms with Gasteiger partial charge >= 0.3 is 0 Å². The maximum Gasteiger partial charge on any atom is 0.272 e. The van der Waals surface area contributed by atoms with Gasteiger partial charge < -0.3 is 51.2 Å². The Labute approximate surface area is 502 Å². The Morgan fingerprint density at radius 3 is 1.95 bits per heavy atom. The van der Waals surface area contributed by atoms with Gasteiger partial charge in [0.2, 0.25) is 0 Å². The fourth-order valence-electron chi connectivity index (χ4n) is 11.8. The highest BCUT2D eigenvalue weighted by atomic mass is 32.2. The molecule has 0 radical (unpaired) electrons. The van der Waals surface area contributed by atoms with Crippen LogP contribution in [0.5, 0.6) is 0 Å². The van der Waals surface area contributed by atoms with Crippen LogP contribution in [0.3, 0.4) is 0 Å². The summed E-state index contributed by atoms with van der Waals surface area (Å²) in [5, 5.41) is 9.51. The van der Waals surface area contributed by atoms with Gasteiger partial charge in [0.1, 0.15) is 17.8 Å². The van der Waals surface area contributed by atoms with Crippen LogP contribution in [0.2, 0.25) is 72.5 Å². The van der Waals surface area contributed by atoms with Gasteiger partial charge in [-0.2, -0.15) is 0 Å². The fraction of sp³-hybridized carbons (Fsp3) is 0.905. The quantitative estimate of drug-likeness (QED) is 0.0347. The Balaban J connectivity index is 1.45. The molecule has 80 heavy (non-hydrogen) atoms. The van der Waals surface area contributed by atoms with Crippen LogP contribution < -0.4 is 0 Å². The average molecular weight is 1230 g/mol. The first-order valence-electron chi connectivity index (χ1n) is 31.4. The number of rotatable bonds is 28. The topological polar surface area (TPSA) is 113 Å². The largest absolute Gasteiger partial charge is 0.414 e. The minimum atomic E-state index is -2.38. The van der Waals surface area contributed by atoms with E-state index in [4.69, 9.17) is 46.1 Å². The number of methoxy groups -OCH3 is 1. The number of thioether (sulfide) groups is 2. The van der Waals surface area contributed by atoms with Crippen molar-refractivity contribution in [1.29, 1.82) is 0 Å². The van der Waals surface area contributed by atoms with Gasteiger partial charge in [-0.15, -0.1) is 23.5 Å². The van der Waals surface area contributed by atoms with Crippen LogP contribution in [0.15, 0.2) is 36.5 Å². The molecule has 2 spiro atoms. The van der Waals surface area contributed by atoms with Crippen LogP contribution in [0.25, 0.3) is 0 Å². The molecule has 0 aromatic carbocycles. The fourth-order valence-corrected chi connectivity index (χ4v) is 22.3. The molecule has 5 aliphatic rings. The second-order valence-corrected chi connectivity index (χ2v) is 51.9. The third-order valence-corrected chi connectivity index (χ3v) is 42.1. The number of hydrogen-bond acceptors (Lipinski definition) is 13. The number of aliphatic hydroxyl groups is 1. The minimum Gasteiger partial charge on any atom is -0.414 e. The predicted molar refractivity (Wildman–Crippen MR) is 347 cm³/mol. The van der Waals surface area contributed by atoms with Crippen molar-refractivity contribution in [3.63, 3.8) is 0 Å². The van der Waals surface area contributed by atoms with Gasteiger partial charge in [-0.1, -0.05) is 121 Å². The van der Waals surface area contributed by atoms with E-state index in [-0.39, 0.29) is 56.1 Å². The van der Waals surface area contributed by atoms with E-state index in [1.54, 1.807) is 7.11 Å². The maximum absolute atomic E-state index is 9.49. The normalized spacial score (nSPS) is 30.6. The first-order chi connectivity index (χ1) is 36.9. The summed E-state index contributed by atoms with van der Waals surface area (Å²) in [4.78, 5) is 0. The molecule has 0 aromatic rings. The zero-order chi connectivity index (χ0) is 60.0. The van der Waals surface area contributed by atoms with Gasteiger partial charge in [0.15, 0.2) is 44.8 Å². The summed E-state index contributed by atoms with van der Waals surface area (Å²) < 4.78 is 71.1. The Bertz CT molecular complexity index is 2000. The van der Waals surface area contributed by atoms with Crippen LogP contribution in [0, 0.1) is 5.92 Å². The van der Waals surface area contributed by atoms with Crippen molar-refractivity contribution in [3.8, 4) is 0 Å². The number of hydrogen-bond donors (Lipinski definition) is 1. The minimum absolute atomic E-state index is 0.00218. The third-order valence-electron chi connectivity index (χ3n) is 20.5. The number of ether oxygens (including phenoxy) is 6. The average Bonchev–Trinajstić information content (AvgIpc) is 3.94. The van der Waals surface area contributed by atoms with Crippen LogP contribution >= 0.6 is 23.5 Å². The molecule has 0 saturated carbocycles. The van der Waals surface area contributed by atoms with Gasteiger partial charge in [-0.3, -0.25) is 0 Å². The highest BCUT2D eigenvalue weighted by molar-refractivity contribution is 8.18. The molecule has 1 N–H and O–H groups in total. The molecule has 0 aromatic heterocycles. The number of unbranched alkanes of at least 4 members (excludes halogenated alkanes) is 1. The van der Waals surface area contributed by atoms with Crippen molar-refractivity contribution in [2.24, 2.45) is 5.92 Å². The Morgan fingerprint density at radius 1 is 0.762 bits per heavy atom. The zero-order valence-electron chi connectivity index (χ0n) is 54.9. The molecule has 11 atom stereocenters. The molecule has 5 heterocycles. The van der Waals surface area contributed by atoms with E-state index in [0.717, 1.165) is 119 Å². The van der Waals surface area contributed by atoms with E-state index >= 15 is 0 Å². The molecule has 5 fully saturated rings. The number of aliphatic hydroxyl groups excluding tert-OH is 1. The lowest BCUT2D eigenvalue weighted by atomic mass is 9.82. The summed E-state index contributed by atoms with van der Waals surface area (Å²) in [6.45, 7) is 55.2. The van der Waals surface area contributed by atoms with Gasteiger partial charge in [0.05, 0.1) is 35.1 Å². The van der Waals surface area contributed by atoms with E-state index < -0.39 is 69.1 Å². The summed E-state index contributed by atoms with van der Waals surface area (Å²) in [5.74, 6) is 0.656. The van der Waals surface area contributed by atoms with Gasteiger partial charge in [-0.05, 0) is 173 Å². The van der Waals surface area contributed by atoms with E-state index in [2.05, 4.69) is 185 Å². The summed E-state index contributed by atoms with van der Waals surface area (Å²) in [6, 6.07) is 3.21. The predicted octanol–water partition coefficient (Wildman–Crippen LogP) is 17.4. The Morgan fingerprint density at radius 2 is 1.38 bits per heavy atom. The summed E-state index contributed by atoms with van der Waals surface area (Å²) in [6.07, 6.45) is 15.4. The highest BCUT2D eigenvalue weighted by Gasteiger charge is 2.66. The molecular weight excluding hydrogens is 1110 g/mol. The van der Waals surface area contributed by atoms with Crippen molar-refractivity contribution >= 4 is 56.8 Å². The second kappa shape index (κ2) is 28.2. The molecule has 0 amide bonds. The third kappa shape index (κ3) is 17.6. The van der Waals surface area contributed by atoms with E-state index in [1.807, 2.05) is 0 Å². The summed E-state index contributed by atoms with van der Waals surface area (Å²) >= 11 is 4.25. The summed E-state index contributed by atoms with van der Waals surface area (Å²) in [7, 11) is -7.11. The van der Waals surface area contributed by atoms with Gasteiger partial charge in [-0.25, -0.2) is 0 Å². The van der Waals surface area contributed by atoms with Crippen molar-refractivity contribution < 1.29 is 51.2 Å². The van der Waals surface area contributed by atoms with Crippen molar-refractivity contribution in [1.82, 2.24) is 0 Å². The second-order valence-electron chi connectivity index (χ2n) is 29.7. The lowest BCUT2D eigenvalue weighted by Crippen LogP contribution is -2.65. The highest BCUT2D eigenvalue weighted by Crippen LogP contribution is 2.59. The molecule has 5 aliphatic heterocycles. The van der Waals surface area contributed by atoms with Gasteiger partial charge in [0, 0.05) is 33.0 Å². The van der Waals surface area contributed by atoms with Crippen LogP contribution in [-0.2, 0) is 46.1 Å². The first kappa shape index (κ1) is 71.1. The van der Waals surface area contributed by atoms with Gasteiger partial charge in [0.25, 0.3) is 6.48 Å². The van der Waals surface area contributed by atoms with E-state index in [1.165, 1.54) is 12.0 Å². The molecule has 11 nitrogen and oxygen atoms in total. The molecule has 466 valence electrons. The van der Waals surface area contributed by atoms with Crippen LogP contribution in [0.1, 0.15) is 187 Å². The molecule has 0 aliphatic carbocycles. The summed E-state index contributed by atoms with van der Waals surface area (Å²) in [5.41, 5.74) is 1.46. The molecule has 1 unspecified atom stereocenters. The molecule has 0 bridgehead atoms.